The van der Waals surface area contributed by atoms with Crippen LogP contribution < -0.4 is 5.56 Å². The van der Waals surface area contributed by atoms with Gasteiger partial charge >= 0.3 is 0 Å². The number of hydrogen-bond acceptors (Lipinski definition) is 4. The van der Waals surface area contributed by atoms with E-state index in [2.05, 4.69) is 17.1 Å². The van der Waals surface area contributed by atoms with Crippen LogP contribution in [0.3, 0.4) is 0 Å². The van der Waals surface area contributed by atoms with Crippen LogP contribution in [0.15, 0.2) is 77.6 Å². The van der Waals surface area contributed by atoms with Crippen molar-refractivity contribution >= 4 is 16.7 Å². The minimum Gasteiger partial charge on any atom is -0.378 e. The number of rotatable bonds is 4. The third kappa shape index (κ3) is 3.33. The van der Waals surface area contributed by atoms with Gasteiger partial charge in [-0.05, 0) is 34.7 Å². The number of fused-ring (bicyclic) bond motifs is 2. The molecule has 0 spiro atoms. The molecule has 1 aliphatic heterocycles. The largest absolute Gasteiger partial charge is 0.378 e. The molecule has 1 aliphatic carbocycles. The van der Waals surface area contributed by atoms with E-state index in [4.69, 9.17) is 4.98 Å². The summed E-state index contributed by atoms with van der Waals surface area (Å²) in [6.07, 6.45) is 1.12. The monoisotopic (exact) mass is 451 g/mol. The summed E-state index contributed by atoms with van der Waals surface area (Å²) < 4.78 is 0. The van der Waals surface area contributed by atoms with E-state index in [1.807, 2.05) is 54.6 Å². The molecule has 2 aliphatic rings. The van der Waals surface area contributed by atoms with Crippen molar-refractivity contribution in [1.82, 2.24) is 14.9 Å². The predicted octanol–water partition coefficient (Wildman–Crippen LogP) is 3.62. The number of nitrogens with zero attached hydrogens (tertiary/aromatic N) is 2. The van der Waals surface area contributed by atoms with Gasteiger partial charge in [0.25, 0.3) is 11.5 Å². The van der Waals surface area contributed by atoms with E-state index in [0.717, 1.165) is 35.1 Å². The molecule has 0 bridgehead atoms. The summed E-state index contributed by atoms with van der Waals surface area (Å²) in [6, 6.07) is 23.4. The van der Waals surface area contributed by atoms with Gasteiger partial charge in [0, 0.05) is 13.0 Å². The summed E-state index contributed by atoms with van der Waals surface area (Å²) in [7, 11) is 0. The first kappa shape index (κ1) is 20.8. The van der Waals surface area contributed by atoms with Gasteiger partial charge < -0.3 is 15.0 Å². The highest BCUT2D eigenvalue weighted by atomic mass is 16.3. The maximum absolute atomic E-state index is 13.2. The van der Waals surface area contributed by atoms with Gasteiger partial charge in [-0.2, -0.15) is 0 Å². The zero-order valence-corrected chi connectivity index (χ0v) is 18.7. The number of amides is 1. The molecular formula is C28H25N3O3. The van der Waals surface area contributed by atoms with Crippen LogP contribution in [-0.4, -0.2) is 32.4 Å². The van der Waals surface area contributed by atoms with E-state index in [0.29, 0.717) is 24.1 Å². The van der Waals surface area contributed by atoms with Gasteiger partial charge in [0.15, 0.2) is 6.10 Å². The van der Waals surface area contributed by atoms with Gasteiger partial charge in [0.05, 0.1) is 23.2 Å². The quantitative estimate of drug-likeness (QED) is 0.496. The minimum absolute atomic E-state index is 0.150. The molecule has 1 atom stereocenters. The zero-order valence-electron chi connectivity index (χ0n) is 18.7. The molecule has 6 heteroatoms. The Labute approximate surface area is 196 Å². The minimum atomic E-state index is -1.29. The first-order valence-electron chi connectivity index (χ1n) is 11.7. The molecule has 170 valence electrons. The number of aliphatic hydroxyl groups is 1. The van der Waals surface area contributed by atoms with Crippen LogP contribution in [0.2, 0.25) is 0 Å². The Morgan fingerprint density at radius 1 is 1.00 bits per heavy atom. The zero-order chi connectivity index (χ0) is 23.3. The molecule has 1 fully saturated rings. The van der Waals surface area contributed by atoms with Gasteiger partial charge in [-0.15, -0.1) is 0 Å². The van der Waals surface area contributed by atoms with E-state index in [1.165, 1.54) is 5.56 Å². The number of carbonyl (C=O) groups is 1. The Kier molecular flexibility index (Phi) is 4.85. The molecule has 6 rings (SSSR count). The summed E-state index contributed by atoms with van der Waals surface area (Å²) in [6.45, 7) is 0.568. The summed E-state index contributed by atoms with van der Waals surface area (Å²) in [5.41, 5.74) is 2.60. The van der Waals surface area contributed by atoms with E-state index in [9.17, 15) is 14.7 Å². The lowest BCUT2D eigenvalue weighted by Crippen LogP contribution is -2.42. The SMILES string of the molecule is O=C(C(O)c1cccc2ccccc12)N1CCc2nc(C3(c4ccccc4)CC3)[nH]c(=O)c2C1. The van der Waals surface area contributed by atoms with Crippen molar-refractivity contribution in [2.45, 2.75) is 37.3 Å². The van der Waals surface area contributed by atoms with Crippen LogP contribution in [0.5, 0.6) is 0 Å². The number of benzene rings is 3. The van der Waals surface area contributed by atoms with E-state index in [-0.39, 0.29) is 17.5 Å². The standard InChI is InChI=1S/C28H25N3O3/c32-24(21-12-6-8-18-7-4-5-11-20(18)21)26(34)31-16-13-23-22(17-31)25(33)30-27(29-23)28(14-15-28)19-9-2-1-3-10-19/h1-12,24,32H,13-17H2,(H,29,30,33). The van der Waals surface area contributed by atoms with E-state index >= 15 is 0 Å². The lowest BCUT2D eigenvalue weighted by molar-refractivity contribution is -0.141. The van der Waals surface area contributed by atoms with Crippen LogP contribution in [0.1, 0.15) is 47.2 Å². The average Bonchev–Trinajstić information content (AvgIpc) is 3.70. The number of aromatic amines is 1. The van der Waals surface area contributed by atoms with Gasteiger partial charge in [0.2, 0.25) is 0 Å². The normalized spacial score (nSPS) is 17.3. The molecule has 34 heavy (non-hydrogen) atoms. The fraction of sp³-hybridized carbons (Fsp3) is 0.250. The van der Waals surface area contributed by atoms with Crippen molar-refractivity contribution in [3.8, 4) is 0 Å². The molecule has 3 aromatic carbocycles. The Hall–Kier alpha value is -3.77. The molecule has 2 N–H and O–H groups in total. The number of hydrogen-bond donors (Lipinski definition) is 2. The lowest BCUT2D eigenvalue weighted by Gasteiger charge is -2.30. The van der Waals surface area contributed by atoms with E-state index in [1.54, 1.807) is 11.0 Å². The molecule has 4 aromatic rings. The summed E-state index contributed by atoms with van der Waals surface area (Å²) in [5.74, 6) is 0.325. The Bertz CT molecular complexity index is 1450. The summed E-state index contributed by atoms with van der Waals surface area (Å²) in [5, 5.41) is 12.8. The average molecular weight is 452 g/mol. The van der Waals surface area contributed by atoms with E-state index < -0.39 is 12.0 Å². The van der Waals surface area contributed by atoms with Gasteiger partial charge in [-0.3, -0.25) is 9.59 Å². The predicted molar refractivity (Wildman–Crippen MR) is 129 cm³/mol. The highest BCUT2D eigenvalue weighted by Crippen LogP contribution is 2.51. The van der Waals surface area contributed by atoms with Crippen molar-refractivity contribution in [3.63, 3.8) is 0 Å². The first-order valence-corrected chi connectivity index (χ1v) is 11.7. The fourth-order valence-electron chi connectivity index (χ4n) is 5.18. The molecule has 1 amide bonds. The number of aromatic nitrogens is 2. The highest BCUT2D eigenvalue weighted by molar-refractivity contribution is 5.92. The second kappa shape index (κ2) is 7.92. The topological polar surface area (TPSA) is 86.3 Å². The van der Waals surface area contributed by atoms with Crippen LogP contribution in [-0.2, 0) is 23.2 Å². The van der Waals surface area contributed by atoms with Crippen molar-refractivity contribution in [3.05, 3.63) is 111 Å². The molecule has 0 saturated heterocycles. The smallest absolute Gasteiger partial charge is 0.256 e. The van der Waals surface area contributed by atoms with Crippen molar-refractivity contribution < 1.29 is 9.90 Å². The summed E-state index contributed by atoms with van der Waals surface area (Å²) >= 11 is 0. The van der Waals surface area contributed by atoms with Crippen LogP contribution in [0.25, 0.3) is 10.8 Å². The molecule has 1 saturated carbocycles. The highest BCUT2D eigenvalue weighted by Gasteiger charge is 2.48. The van der Waals surface area contributed by atoms with Crippen molar-refractivity contribution in [2.75, 3.05) is 6.54 Å². The third-order valence-electron chi connectivity index (χ3n) is 7.26. The Morgan fingerprint density at radius 2 is 1.74 bits per heavy atom. The third-order valence-corrected chi connectivity index (χ3v) is 7.26. The lowest BCUT2D eigenvalue weighted by atomic mass is 9.94. The molecule has 2 heterocycles. The Morgan fingerprint density at radius 3 is 2.53 bits per heavy atom. The number of H-pyrrole nitrogens is 1. The van der Waals surface area contributed by atoms with Crippen LogP contribution in [0, 0.1) is 0 Å². The van der Waals surface area contributed by atoms with Crippen LogP contribution in [0.4, 0.5) is 0 Å². The van der Waals surface area contributed by atoms with Gasteiger partial charge in [-0.1, -0.05) is 72.8 Å². The van der Waals surface area contributed by atoms with Crippen molar-refractivity contribution in [1.29, 1.82) is 0 Å². The maximum atomic E-state index is 13.2. The first-order chi connectivity index (χ1) is 16.6. The fourth-order valence-corrected chi connectivity index (χ4v) is 5.18. The second-order valence-electron chi connectivity index (χ2n) is 9.27. The number of nitrogens with one attached hydrogen (secondary N) is 1. The maximum Gasteiger partial charge on any atom is 0.256 e. The molecule has 1 aromatic heterocycles. The molecule has 0 radical (unpaired) electrons. The molecular weight excluding hydrogens is 426 g/mol. The number of carbonyl (C=O) groups excluding carboxylic acids is 1. The van der Waals surface area contributed by atoms with Gasteiger partial charge in [0.1, 0.15) is 5.82 Å². The van der Waals surface area contributed by atoms with Crippen molar-refractivity contribution in [2.24, 2.45) is 0 Å². The second-order valence-corrected chi connectivity index (χ2v) is 9.27. The molecule has 1 unspecified atom stereocenters. The summed E-state index contributed by atoms with van der Waals surface area (Å²) in [4.78, 5) is 35.8. The number of aliphatic hydroxyl groups excluding tert-OH is 1. The molecule has 6 nitrogen and oxygen atoms in total. The van der Waals surface area contributed by atoms with Crippen LogP contribution >= 0.6 is 0 Å². The van der Waals surface area contributed by atoms with Gasteiger partial charge in [-0.25, -0.2) is 4.98 Å². The Balaban J connectivity index is 1.28.